The Morgan fingerprint density at radius 1 is 0.917 bits per heavy atom. The van der Waals surface area contributed by atoms with Crippen LogP contribution in [0.1, 0.15) is 11.1 Å². The molecule has 3 rings (SSSR count). The van der Waals surface area contributed by atoms with Crippen LogP contribution in [0.2, 0.25) is 0 Å². The minimum absolute atomic E-state index is 0.668. The second-order valence-corrected chi connectivity index (χ2v) is 5.39. The molecule has 0 fully saturated rings. The average molecular weight is 319 g/mol. The molecule has 1 heterocycles. The molecular formula is C19H21N5. The number of hydrogen-bond acceptors (Lipinski definition) is 2. The summed E-state index contributed by atoms with van der Waals surface area (Å²) in [6, 6.07) is 20.3. The van der Waals surface area contributed by atoms with Gasteiger partial charge < -0.3 is 10.6 Å². The molecule has 0 bridgehead atoms. The third-order valence-electron chi connectivity index (χ3n) is 3.64. The summed E-state index contributed by atoms with van der Waals surface area (Å²) in [6.07, 6.45) is 3.89. The number of nitrogens with zero attached hydrogens (tertiary/aromatic N) is 3. The van der Waals surface area contributed by atoms with Gasteiger partial charge in [-0.25, -0.2) is 4.68 Å². The van der Waals surface area contributed by atoms with Crippen molar-refractivity contribution in [2.75, 3.05) is 7.05 Å². The van der Waals surface area contributed by atoms with E-state index in [9.17, 15) is 0 Å². The molecule has 0 atom stereocenters. The minimum atomic E-state index is 0.668. The van der Waals surface area contributed by atoms with E-state index >= 15 is 0 Å². The molecule has 0 aliphatic carbocycles. The lowest BCUT2D eigenvalue weighted by atomic mass is 10.2. The highest BCUT2D eigenvalue weighted by Gasteiger charge is 2.02. The van der Waals surface area contributed by atoms with Gasteiger partial charge in [-0.3, -0.25) is 4.99 Å². The van der Waals surface area contributed by atoms with Crippen molar-refractivity contribution in [2.45, 2.75) is 13.1 Å². The third kappa shape index (κ3) is 4.23. The van der Waals surface area contributed by atoms with Crippen molar-refractivity contribution < 1.29 is 0 Å². The molecule has 0 amide bonds. The first kappa shape index (κ1) is 15.8. The SMILES string of the molecule is CN=C(NCc1ccccc1)NCc1cnn(-c2ccccc2)c1. The summed E-state index contributed by atoms with van der Waals surface area (Å²) >= 11 is 0. The Bertz CT molecular complexity index is 778. The summed E-state index contributed by atoms with van der Waals surface area (Å²) in [5.74, 6) is 0.770. The molecule has 2 N–H and O–H groups in total. The van der Waals surface area contributed by atoms with E-state index in [2.05, 4.69) is 32.9 Å². The molecule has 2 aromatic carbocycles. The van der Waals surface area contributed by atoms with Crippen LogP contribution in [0.5, 0.6) is 0 Å². The molecule has 0 spiro atoms. The summed E-state index contributed by atoms with van der Waals surface area (Å²) in [4.78, 5) is 4.25. The Morgan fingerprint density at radius 3 is 2.21 bits per heavy atom. The fourth-order valence-corrected chi connectivity index (χ4v) is 2.36. The monoisotopic (exact) mass is 319 g/mol. The molecule has 1 aromatic heterocycles. The highest BCUT2D eigenvalue weighted by atomic mass is 15.3. The maximum absolute atomic E-state index is 4.40. The molecule has 0 aliphatic rings. The van der Waals surface area contributed by atoms with E-state index in [0.29, 0.717) is 6.54 Å². The fraction of sp³-hybridized carbons (Fsp3) is 0.158. The van der Waals surface area contributed by atoms with Crippen molar-refractivity contribution >= 4 is 5.96 Å². The topological polar surface area (TPSA) is 54.2 Å². The smallest absolute Gasteiger partial charge is 0.191 e. The largest absolute Gasteiger partial charge is 0.352 e. The molecule has 5 heteroatoms. The minimum Gasteiger partial charge on any atom is -0.352 e. The Kier molecular flexibility index (Phi) is 5.24. The predicted molar refractivity (Wildman–Crippen MR) is 97.0 cm³/mol. The number of nitrogens with one attached hydrogen (secondary N) is 2. The molecule has 3 aromatic rings. The first-order valence-corrected chi connectivity index (χ1v) is 7.92. The second kappa shape index (κ2) is 7.97. The zero-order chi connectivity index (χ0) is 16.6. The quantitative estimate of drug-likeness (QED) is 0.561. The summed E-state index contributed by atoms with van der Waals surface area (Å²) in [5.41, 5.74) is 3.37. The number of aromatic nitrogens is 2. The highest BCUT2D eigenvalue weighted by Crippen LogP contribution is 2.07. The van der Waals surface area contributed by atoms with E-state index in [-0.39, 0.29) is 0 Å². The summed E-state index contributed by atoms with van der Waals surface area (Å²) in [6.45, 7) is 1.41. The molecule has 0 saturated heterocycles. The van der Waals surface area contributed by atoms with Gasteiger partial charge in [0, 0.05) is 31.9 Å². The average Bonchev–Trinajstić information content (AvgIpc) is 3.12. The Hall–Kier alpha value is -3.08. The van der Waals surface area contributed by atoms with E-state index in [1.165, 1.54) is 5.56 Å². The number of para-hydroxylation sites is 1. The zero-order valence-electron chi connectivity index (χ0n) is 13.7. The van der Waals surface area contributed by atoms with Gasteiger partial charge in [-0.05, 0) is 17.7 Å². The molecule has 0 unspecified atom stereocenters. The first-order valence-electron chi connectivity index (χ1n) is 7.92. The summed E-state index contributed by atoms with van der Waals surface area (Å²) < 4.78 is 1.87. The molecule has 24 heavy (non-hydrogen) atoms. The number of hydrogen-bond donors (Lipinski definition) is 2. The Labute approximate surface area is 142 Å². The lowest BCUT2D eigenvalue weighted by Gasteiger charge is -2.11. The van der Waals surface area contributed by atoms with Crippen LogP contribution in [-0.4, -0.2) is 22.8 Å². The van der Waals surface area contributed by atoms with Gasteiger partial charge in [-0.2, -0.15) is 5.10 Å². The standard InChI is InChI=1S/C19H21N5/c1-20-19(21-12-16-8-4-2-5-9-16)22-13-17-14-23-24(15-17)18-10-6-3-7-11-18/h2-11,14-15H,12-13H2,1H3,(H2,20,21,22). The van der Waals surface area contributed by atoms with Crippen LogP contribution in [0.15, 0.2) is 78.0 Å². The molecule has 122 valence electrons. The van der Waals surface area contributed by atoms with E-state index in [1.807, 2.05) is 65.6 Å². The van der Waals surface area contributed by atoms with Crippen LogP contribution in [-0.2, 0) is 13.1 Å². The van der Waals surface area contributed by atoms with Crippen LogP contribution in [0.3, 0.4) is 0 Å². The third-order valence-corrected chi connectivity index (χ3v) is 3.64. The van der Waals surface area contributed by atoms with Gasteiger partial charge >= 0.3 is 0 Å². The molecule has 0 saturated carbocycles. The summed E-state index contributed by atoms with van der Waals surface area (Å²) in [7, 11) is 1.77. The van der Waals surface area contributed by atoms with Crippen LogP contribution >= 0.6 is 0 Å². The van der Waals surface area contributed by atoms with Crippen LogP contribution in [0, 0.1) is 0 Å². The maximum Gasteiger partial charge on any atom is 0.191 e. The van der Waals surface area contributed by atoms with Gasteiger partial charge in [0.25, 0.3) is 0 Å². The first-order chi connectivity index (χ1) is 11.8. The molecule has 5 nitrogen and oxygen atoms in total. The molecular weight excluding hydrogens is 298 g/mol. The summed E-state index contributed by atoms with van der Waals surface area (Å²) in [5, 5.41) is 11.0. The van der Waals surface area contributed by atoms with Crippen LogP contribution in [0.25, 0.3) is 5.69 Å². The van der Waals surface area contributed by atoms with Gasteiger partial charge in [0.05, 0.1) is 11.9 Å². The molecule has 0 radical (unpaired) electrons. The lowest BCUT2D eigenvalue weighted by Crippen LogP contribution is -2.36. The van der Waals surface area contributed by atoms with Gasteiger partial charge in [-0.15, -0.1) is 0 Å². The number of benzene rings is 2. The Morgan fingerprint density at radius 2 is 1.54 bits per heavy atom. The molecule has 0 aliphatic heterocycles. The van der Waals surface area contributed by atoms with Gasteiger partial charge in [0.15, 0.2) is 5.96 Å². The van der Waals surface area contributed by atoms with E-state index in [1.54, 1.807) is 7.05 Å². The fourth-order valence-electron chi connectivity index (χ4n) is 2.36. The van der Waals surface area contributed by atoms with E-state index < -0.39 is 0 Å². The normalized spacial score (nSPS) is 11.3. The van der Waals surface area contributed by atoms with Crippen LogP contribution < -0.4 is 10.6 Å². The zero-order valence-corrected chi connectivity index (χ0v) is 13.7. The highest BCUT2D eigenvalue weighted by molar-refractivity contribution is 5.79. The van der Waals surface area contributed by atoms with Crippen molar-refractivity contribution in [1.82, 2.24) is 20.4 Å². The van der Waals surface area contributed by atoms with Gasteiger partial charge in [-0.1, -0.05) is 48.5 Å². The van der Waals surface area contributed by atoms with Gasteiger partial charge in [0.2, 0.25) is 0 Å². The van der Waals surface area contributed by atoms with E-state index in [0.717, 1.165) is 23.8 Å². The van der Waals surface area contributed by atoms with Crippen LogP contribution in [0.4, 0.5) is 0 Å². The number of rotatable bonds is 5. The number of aliphatic imine (C=N–C) groups is 1. The Balaban J connectivity index is 1.54. The second-order valence-electron chi connectivity index (χ2n) is 5.39. The van der Waals surface area contributed by atoms with Crippen molar-refractivity contribution in [1.29, 1.82) is 0 Å². The predicted octanol–water partition coefficient (Wildman–Crippen LogP) is 2.74. The number of guanidine groups is 1. The van der Waals surface area contributed by atoms with Crippen molar-refractivity contribution in [3.63, 3.8) is 0 Å². The van der Waals surface area contributed by atoms with Crippen molar-refractivity contribution in [2.24, 2.45) is 4.99 Å². The maximum atomic E-state index is 4.40. The van der Waals surface area contributed by atoms with Crippen molar-refractivity contribution in [3.05, 3.63) is 84.2 Å². The van der Waals surface area contributed by atoms with E-state index in [4.69, 9.17) is 0 Å². The van der Waals surface area contributed by atoms with Gasteiger partial charge in [0.1, 0.15) is 0 Å². The van der Waals surface area contributed by atoms with Crippen molar-refractivity contribution in [3.8, 4) is 5.69 Å². The lowest BCUT2D eigenvalue weighted by molar-refractivity contribution is 0.808.